The molecular formula is C20H25FN6O2S. The average molecular weight is 433 g/mol. The molecule has 3 rings (SSSR count). The summed E-state index contributed by atoms with van der Waals surface area (Å²) in [5.41, 5.74) is 1.29. The van der Waals surface area contributed by atoms with E-state index in [4.69, 9.17) is 17.0 Å². The molecule has 2 aromatic heterocycles. The minimum atomic E-state index is -0.563. The summed E-state index contributed by atoms with van der Waals surface area (Å²) in [5.74, 6) is 0.837. The van der Waals surface area contributed by atoms with E-state index in [9.17, 15) is 9.50 Å². The number of halogens is 1. The van der Waals surface area contributed by atoms with E-state index in [1.54, 1.807) is 36.2 Å². The van der Waals surface area contributed by atoms with Gasteiger partial charge in [0.1, 0.15) is 23.1 Å². The van der Waals surface area contributed by atoms with Crippen LogP contribution in [0.3, 0.4) is 0 Å². The highest BCUT2D eigenvalue weighted by molar-refractivity contribution is 7.80. The molecule has 0 radical (unpaired) electrons. The summed E-state index contributed by atoms with van der Waals surface area (Å²) >= 11 is 5.32. The van der Waals surface area contributed by atoms with Crippen LogP contribution >= 0.6 is 12.2 Å². The van der Waals surface area contributed by atoms with Crippen molar-refractivity contribution >= 4 is 34.5 Å². The van der Waals surface area contributed by atoms with E-state index < -0.39 is 5.54 Å². The van der Waals surface area contributed by atoms with Crippen LogP contribution < -0.4 is 20.7 Å². The van der Waals surface area contributed by atoms with Crippen molar-refractivity contribution in [3.63, 3.8) is 0 Å². The minimum absolute atomic E-state index is 0.0721. The van der Waals surface area contributed by atoms with Crippen molar-refractivity contribution in [2.24, 2.45) is 0 Å². The lowest BCUT2D eigenvalue weighted by Crippen LogP contribution is -2.47. The van der Waals surface area contributed by atoms with Crippen LogP contribution in [0.5, 0.6) is 5.75 Å². The number of aliphatic hydroxyl groups is 1. The lowest BCUT2D eigenvalue weighted by atomic mass is 10.1. The van der Waals surface area contributed by atoms with Gasteiger partial charge in [-0.1, -0.05) is 0 Å². The van der Waals surface area contributed by atoms with Crippen molar-refractivity contribution in [1.82, 2.24) is 19.9 Å². The van der Waals surface area contributed by atoms with E-state index in [-0.39, 0.29) is 18.5 Å². The highest BCUT2D eigenvalue weighted by Gasteiger charge is 2.18. The van der Waals surface area contributed by atoms with Gasteiger partial charge in [0, 0.05) is 11.8 Å². The number of nitrogens with zero attached hydrogens (tertiary/aromatic N) is 3. The number of hydrogen-bond donors (Lipinski definition) is 4. The van der Waals surface area contributed by atoms with Gasteiger partial charge in [0.05, 0.1) is 31.5 Å². The Bertz CT molecular complexity index is 1050. The number of thiocarbonyl (C=S) groups is 1. The zero-order valence-corrected chi connectivity index (χ0v) is 18.0. The summed E-state index contributed by atoms with van der Waals surface area (Å²) in [6.07, 6.45) is 3.38. The third kappa shape index (κ3) is 4.95. The molecule has 0 aliphatic rings. The van der Waals surface area contributed by atoms with Gasteiger partial charge in [-0.25, -0.2) is 13.9 Å². The van der Waals surface area contributed by atoms with Crippen molar-refractivity contribution < 1.29 is 14.2 Å². The first-order valence-electron chi connectivity index (χ1n) is 9.37. The third-order valence-corrected chi connectivity index (χ3v) is 4.69. The summed E-state index contributed by atoms with van der Waals surface area (Å²) in [6, 6.07) is 5.92. The zero-order chi connectivity index (χ0) is 21.9. The molecule has 4 N–H and O–H groups in total. The predicted octanol–water partition coefficient (Wildman–Crippen LogP) is 3.11. The Morgan fingerprint density at radius 1 is 1.37 bits per heavy atom. The van der Waals surface area contributed by atoms with Crippen LogP contribution in [0.25, 0.3) is 5.65 Å². The molecule has 0 saturated heterocycles. The van der Waals surface area contributed by atoms with Gasteiger partial charge in [0.2, 0.25) is 0 Å². The number of aliphatic hydroxyl groups excluding tert-OH is 1. The summed E-state index contributed by atoms with van der Waals surface area (Å²) < 4.78 is 20.7. The second-order valence-electron chi connectivity index (χ2n) is 7.51. The van der Waals surface area contributed by atoms with Crippen LogP contribution in [-0.4, -0.2) is 44.1 Å². The summed E-state index contributed by atoms with van der Waals surface area (Å²) in [6.45, 7) is 5.49. The molecule has 3 aromatic rings. The Morgan fingerprint density at radius 2 is 2.13 bits per heavy atom. The van der Waals surface area contributed by atoms with Crippen molar-refractivity contribution in [3.05, 3.63) is 48.0 Å². The van der Waals surface area contributed by atoms with Crippen LogP contribution in [0, 0.1) is 5.82 Å². The van der Waals surface area contributed by atoms with E-state index >= 15 is 0 Å². The highest BCUT2D eigenvalue weighted by atomic mass is 32.1. The SMILES string of the molecule is COc1ccc(F)cc1[C@@H](C)Nc1ccn2ncc(NC(=S)NC(C)(C)CO)c2n1. The maximum atomic E-state index is 13.7. The van der Waals surface area contributed by atoms with Crippen LogP contribution in [0.4, 0.5) is 15.9 Å². The number of benzene rings is 1. The number of aromatic nitrogens is 3. The Morgan fingerprint density at radius 3 is 2.83 bits per heavy atom. The van der Waals surface area contributed by atoms with Crippen LogP contribution in [0.15, 0.2) is 36.7 Å². The Balaban J connectivity index is 1.81. The van der Waals surface area contributed by atoms with E-state index in [1.807, 2.05) is 20.8 Å². The Labute approximate surface area is 179 Å². The molecule has 0 spiro atoms. The number of ether oxygens (including phenoxy) is 1. The first-order chi connectivity index (χ1) is 14.2. The highest BCUT2D eigenvalue weighted by Crippen LogP contribution is 2.28. The molecule has 160 valence electrons. The average Bonchev–Trinajstić information content (AvgIpc) is 3.09. The second kappa shape index (κ2) is 8.80. The monoisotopic (exact) mass is 432 g/mol. The number of methoxy groups -OCH3 is 1. The zero-order valence-electron chi connectivity index (χ0n) is 17.2. The first kappa shape index (κ1) is 21.7. The maximum absolute atomic E-state index is 13.7. The predicted molar refractivity (Wildman–Crippen MR) is 118 cm³/mol. The molecule has 1 aromatic carbocycles. The number of anilines is 2. The number of nitrogens with one attached hydrogen (secondary N) is 3. The summed E-state index contributed by atoms with van der Waals surface area (Å²) in [4.78, 5) is 4.60. The van der Waals surface area contributed by atoms with Gasteiger partial charge in [-0.15, -0.1) is 0 Å². The van der Waals surface area contributed by atoms with Gasteiger partial charge >= 0.3 is 0 Å². The molecule has 0 aliphatic heterocycles. The lowest BCUT2D eigenvalue weighted by molar-refractivity contribution is 0.207. The number of fused-ring (bicyclic) bond motifs is 1. The van der Waals surface area contributed by atoms with Crippen LogP contribution in [0.2, 0.25) is 0 Å². The molecule has 0 unspecified atom stereocenters. The topological polar surface area (TPSA) is 95.7 Å². The molecule has 0 bridgehead atoms. The van der Waals surface area contributed by atoms with Crippen LogP contribution in [0.1, 0.15) is 32.4 Å². The summed E-state index contributed by atoms with van der Waals surface area (Å²) in [5, 5.41) is 23.4. The Kier molecular flexibility index (Phi) is 6.37. The van der Waals surface area contributed by atoms with Crippen molar-refractivity contribution in [1.29, 1.82) is 0 Å². The fourth-order valence-corrected chi connectivity index (χ4v) is 3.27. The molecule has 1 atom stereocenters. The minimum Gasteiger partial charge on any atom is -0.496 e. The Hall–Kier alpha value is -2.98. The number of rotatable bonds is 7. The fourth-order valence-electron chi connectivity index (χ4n) is 2.88. The van der Waals surface area contributed by atoms with Crippen molar-refractivity contribution in [3.8, 4) is 5.75 Å². The van der Waals surface area contributed by atoms with Gasteiger partial charge in [-0.05, 0) is 57.3 Å². The van der Waals surface area contributed by atoms with E-state index in [1.165, 1.54) is 12.1 Å². The lowest BCUT2D eigenvalue weighted by Gasteiger charge is -2.25. The molecule has 0 aliphatic carbocycles. The molecule has 8 nitrogen and oxygen atoms in total. The standard InChI is InChI=1S/C20H25FN6O2S/c1-12(14-9-13(21)5-6-16(14)29-4)23-17-7-8-27-18(25-17)15(10-22-27)24-19(30)26-20(2,3)11-28/h5-10,12,28H,11H2,1-4H3,(H,23,25)(H2,24,26,30)/t12-/m1/s1. The molecule has 30 heavy (non-hydrogen) atoms. The van der Waals surface area contributed by atoms with E-state index in [0.29, 0.717) is 33.6 Å². The fraction of sp³-hybridized carbons (Fsp3) is 0.350. The van der Waals surface area contributed by atoms with Crippen LogP contribution in [-0.2, 0) is 0 Å². The third-order valence-electron chi connectivity index (χ3n) is 4.49. The summed E-state index contributed by atoms with van der Waals surface area (Å²) in [7, 11) is 1.55. The van der Waals surface area contributed by atoms with Gasteiger partial charge in [-0.2, -0.15) is 5.10 Å². The van der Waals surface area contributed by atoms with Crippen molar-refractivity contribution in [2.45, 2.75) is 32.4 Å². The molecule has 0 fully saturated rings. The van der Waals surface area contributed by atoms with E-state index in [2.05, 4.69) is 26.0 Å². The largest absolute Gasteiger partial charge is 0.496 e. The van der Waals surface area contributed by atoms with Gasteiger partial charge in [0.25, 0.3) is 0 Å². The van der Waals surface area contributed by atoms with Gasteiger partial charge in [-0.3, -0.25) is 0 Å². The molecule has 2 heterocycles. The normalized spacial score (nSPS) is 12.5. The molecular weight excluding hydrogens is 407 g/mol. The van der Waals surface area contributed by atoms with Gasteiger partial charge < -0.3 is 25.8 Å². The molecule has 0 saturated carbocycles. The quantitative estimate of drug-likeness (QED) is 0.423. The van der Waals surface area contributed by atoms with E-state index in [0.717, 1.165) is 0 Å². The van der Waals surface area contributed by atoms with Gasteiger partial charge in [0.15, 0.2) is 10.8 Å². The molecule has 0 amide bonds. The maximum Gasteiger partial charge on any atom is 0.180 e. The van der Waals surface area contributed by atoms with Crippen molar-refractivity contribution in [2.75, 3.05) is 24.4 Å². The smallest absolute Gasteiger partial charge is 0.180 e. The first-order valence-corrected chi connectivity index (χ1v) is 9.77. The second-order valence-corrected chi connectivity index (χ2v) is 7.92. The molecule has 10 heteroatoms. The number of hydrogen-bond acceptors (Lipinski definition) is 6.